The van der Waals surface area contributed by atoms with Crippen molar-refractivity contribution in [2.24, 2.45) is 17.6 Å². The van der Waals surface area contributed by atoms with Crippen LogP contribution in [-0.2, 0) is 11.2 Å². The highest BCUT2D eigenvalue weighted by Gasteiger charge is 2.20. The first kappa shape index (κ1) is 17.1. The summed E-state index contributed by atoms with van der Waals surface area (Å²) in [6.45, 7) is 8.48. The summed E-state index contributed by atoms with van der Waals surface area (Å²) in [4.78, 5) is 16.4. The quantitative estimate of drug-likeness (QED) is 0.775. The van der Waals surface area contributed by atoms with Crippen LogP contribution in [0.3, 0.4) is 0 Å². The lowest BCUT2D eigenvalue weighted by atomic mass is 9.99. The van der Waals surface area contributed by atoms with Gasteiger partial charge in [0.2, 0.25) is 5.91 Å². The van der Waals surface area contributed by atoms with E-state index in [-0.39, 0.29) is 11.9 Å². The first-order chi connectivity index (χ1) is 9.38. The molecular weight excluding hydrogens is 270 g/mol. The predicted molar refractivity (Wildman–Crippen MR) is 84.6 cm³/mol. The first-order valence-corrected chi connectivity index (χ1v) is 8.20. The van der Waals surface area contributed by atoms with E-state index in [1.54, 1.807) is 17.5 Å². The number of rotatable bonds is 8. The highest BCUT2D eigenvalue weighted by Crippen LogP contribution is 2.13. The summed E-state index contributed by atoms with van der Waals surface area (Å²) >= 11 is 1.63. The predicted octanol–water partition coefficient (Wildman–Crippen LogP) is 2.59. The number of nitrogens with two attached hydrogens (primary N) is 1. The van der Waals surface area contributed by atoms with Gasteiger partial charge < -0.3 is 11.1 Å². The van der Waals surface area contributed by atoms with Gasteiger partial charge >= 0.3 is 0 Å². The number of nitrogens with zero attached hydrogens (tertiary/aromatic N) is 1. The van der Waals surface area contributed by atoms with Crippen LogP contribution in [-0.4, -0.2) is 23.0 Å². The summed E-state index contributed by atoms with van der Waals surface area (Å²) in [6, 6.07) is -0.298. The fourth-order valence-electron chi connectivity index (χ4n) is 2.25. The molecule has 2 atom stereocenters. The van der Waals surface area contributed by atoms with E-state index in [0.29, 0.717) is 11.8 Å². The van der Waals surface area contributed by atoms with Crippen molar-refractivity contribution in [1.29, 1.82) is 0 Å². The van der Waals surface area contributed by atoms with Gasteiger partial charge in [-0.25, -0.2) is 4.98 Å². The Morgan fingerprint density at radius 2 is 1.95 bits per heavy atom. The normalized spacial score (nSPS) is 14.6. The second-order valence-electron chi connectivity index (χ2n) is 6.20. The maximum Gasteiger partial charge on any atom is 0.237 e. The molecule has 3 N–H and O–H groups in total. The summed E-state index contributed by atoms with van der Waals surface area (Å²) in [6.07, 6.45) is 4.26. The molecule has 1 heterocycles. The van der Waals surface area contributed by atoms with Gasteiger partial charge in [-0.3, -0.25) is 4.79 Å². The third-order valence-electron chi connectivity index (χ3n) is 3.07. The van der Waals surface area contributed by atoms with Gasteiger partial charge in [-0.05, 0) is 24.7 Å². The van der Waals surface area contributed by atoms with E-state index in [4.69, 9.17) is 5.73 Å². The molecule has 0 saturated carbocycles. The van der Waals surface area contributed by atoms with Crippen molar-refractivity contribution >= 4 is 17.2 Å². The Hall–Kier alpha value is -0.940. The molecule has 0 radical (unpaired) electrons. The lowest BCUT2D eigenvalue weighted by molar-refractivity contribution is -0.123. The molecule has 0 saturated heterocycles. The van der Waals surface area contributed by atoms with Crippen molar-refractivity contribution in [2.75, 3.05) is 0 Å². The molecule has 0 aliphatic heterocycles. The Balaban J connectivity index is 2.57. The number of aromatic nitrogens is 1. The Kier molecular flexibility index (Phi) is 7.16. The van der Waals surface area contributed by atoms with Crippen molar-refractivity contribution in [3.63, 3.8) is 0 Å². The molecule has 0 aliphatic rings. The highest BCUT2D eigenvalue weighted by molar-refractivity contribution is 7.09. The van der Waals surface area contributed by atoms with Gasteiger partial charge in [-0.2, -0.15) is 0 Å². The van der Waals surface area contributed by atoms with E-state index in [1.165, 1.54) is 0 Å². The van der Waals surface area contributed by atoms with Gasteiger partial charge in [0.05, 0.1) is 11.0 Å². The van der Waals surface area contributed by atoms with E-state index in [0.717, 1.165) is 24.3 Å². The largest absolute Gasteiger partial charge is 0.352 e. The number of thiazole rings is 1. The van der Waals surface area contributed by atoms with Crippen LogP contribution in [0.25, 0.3) is 0 Å². The smallest absolute Gasteiger partial charge is 0.237 e. The molecule has 0 aromatic carbocycles. The summed E-state index contributed by atoms with van der Waals surface area (Å²) < 4.78 is 0. The molecule has 0 spiro atoms. The number of carbonyl (C=O) groups excluding carboxylic acids is 1. The lowest BCUT2D eigenvalue weighted by Crippen LogP contribution is -2.47. The number of amides is 1. The minimum Gasteiger partial charge on any atom is -0.352 e. The van der Waals surface area contributed by atoms with E-state index in [1.807, 2.05) is 5.38 Å². The molecule has 4 nitrogen and oxygen atoms in total. The van der Waals surface area contributed by atoms with Crippen molar-refractivity contribution < 1.29 is 4.79 Å². The second-order valence-corrected chi connectivity index (χ2v) is 7.18. The Bertz CT molecular complexity index is 390. The van der Waals surface area contributed by atoms with Crippen molar-refractivity contribution in [1.82, 2.24) is 10.3 Å². The van der Waals surface area contributed by atoms with Crippen LogP contribution in [0, 0.1) is 11.8 Å². The van der Waals surface area contributed by atoms with Crippen LogP contribution < -0.4 is 11.1 Å². The summed E-state index contributed by atoms with van der Waals surface area (Å²) in [5.41, 5.74) is 5.95. The second kappa shape index (κ2) is 8.37. The van der Waals surface area contributed by atoms with Crippen LogP contribution in [0.15, 0.2) is 11.6 Å². The van der Waals surface area contributed by atoms with Crippen LogP contribution in [0.2, 0.25) is 0 Å². The van der Waals surface area contributed by atoms with E-state index >= 15 is 0 Å². The molecule has 0 unspecified atom stereocenters. The third kappa shape index (κ3) is 6.48. The molecule has 0 bridgehead atoms. The summed E-state index contributed by atoms with van der Waals surface area (Å²) in [5, 5.41) is 6.12. The molecule has 0 aliphatic carbocycles. The van der Waals surface area contributed by atoms with Gasteiger partial charge in [0.15, 0.2) is 0 Å². The van der Waals surface area contributed by atoms with Crippen LogP contribution in [0.5, 0.6) is 0 Å². The molecule has 0 fully saturated rings. The molecule has 1 aromatic heterocycles. The van der Waals surface area contributed by atoms with Gasteiger partial charge in [0, 0.05) is 24.0 Å². The Morgan fingerprint density at radius 3 is 2.45 bits per heavy atom. The molecule has 20 heavy (non-hydrogen) atoms. The summed E-state index contributed by atoms with van der Waals surface area (Å²) in [7, 11) is 0. The Labute approximate surface area is 126 Å². The standard InChI is InChI=1S/C15H27N3OS/c1-10(2)7-12(9-14-17-5-6-20-14)18-15(19)13(16)8-11(3)4/h5-6,10-13H,7-9,16H2,1-4H3,(H,18,19)/t12-,13-/m0/s1. The fraction of sp³-hybridized carbons (Fsp3) is 0.733. The SMILES string of the molecule is CC(C)C[C@@H](Cc1nccs1)NC(=O)[C@@H](N)CC(C)C. The maximum atomic E-state index is 12.1. The van der Waals surface area contributed by atoms with Crippen molar-refractivity contribution in [3.05, 3.63) is 16.6 Å². The first-order valence-electron chi connectivity index (χ1n) is 7.32. The minimum absolute atomic E-state index is 0.0408. The molecule has 1 rings (SSSR count). The Morgan fingerprint density at radius 1 is 1.30 bits per heavy atom. The maximum absolute atomic E-state index is 12.1. The van der Waals surface area contributed by atoms with Crippen molar-refractivity contribution in [2.45, 2.75) is 59.0 Å². The molecule has 114 valence electrons. The van der Waals surface area contributed by atoms with Crippen molar-refractivity contribution in [3.8, 4) is 0 Å². The van der Waals surface area contributed by atoms with Gasteiger partial charge in [-0.15, -0.1) is 11.3 Å². The zero-order chi connectivity index (χ0) is 15.1. The topological polar surface area (TPSA) is 68.0 Å². The zero-order valence-electron chi connectivity index (χ0n) is 12.9. The molecule has 1 amide bonds. The van der Waals surface area contributed by atoms with E-state index in [9.17, 15) is 4.79 Å². The molecule has 1 aromatic rings. The molecular formula is C15H27N3OS. The van der Waals surface area contributed by atoms with Crippen LogP contribution in [0.4, 0.5) is 0 Å². The van der Waals surface area contributed by atoms with E-state index in [2.05, 4.69) is 38.0 Å². The number of hydrogen-bond donors (Lipinski definition) is 2. The van der Waals surface area contributed by atoms with E-state index < -0.39 is 6.04 Å². The zero-order valence-corrected chi connectivity index (χ0v) is 13.7. The average molecular weight is 297 g/mol. The van der Waals surface area contributed by atoms with Gasteiger partial charge in [-0.1, -0.05) is 27.7 Å². The minimum atomic E-state index is -0.416. The highest BCUT2D eigenvalue weighted by atomic mass is 32.1. The third-order valence-corrected chi connectivity index (χ3v) is 3.87. The summed E-state index contributed by atoms with van der Waals surface area (Å²) in [5.74, 6) is 0.917. The average Bonchev–Trinajstić information content (AvgIpc) is 2.79. The monoisotopic (exact) mass is 297 g/mol. The number of nitrogens with one attached hydrogen (secondary N) is 1. The fourth-order valence-corrected chi connectivity index (χ4v) is 2.95. The number of hydrogen-bond acceptors (Lipinski definition) is 4. The van der Waals surface area contributed by atoms with Crippen LogP contribution in [0.1, 0.15) is 45.5 Å². The lowest BCUT2D eigenvalue weighted by Gasteiger charge is -2.22. The van der Waals surface area contributed by atoms with Crippen LogP contribution >= 0.6 is 11.3 Å². The van der Waals surface area contributed by atoms with Gasteiger partial charge in [0.25, 0.3) is 0 Å². The molecule has 5 heteroatoms. The number of carbonyl (C=O) groups is 1. The van der Waals surface area contributed by atoms with Gasteiger partial charge in [0.1, 0.15) is 0 Å².